The summed E-state index contributed by atoms with van der Waals surface area (Å²) in [5, 5.41) is 0. The Bertz CT molecular complexity index is 273. The highest BCUT2D eigenvalue weighted by Crippen LogP contribution is 2.61. The molecule has 4 fully saturated rings. The van der Waals surface area contributed by atoms with Crippen LogP contribution in [0.3, 0.4) is 0 Å². The van der Waals surface area contributed by atoms with Crippen LogP contribution in [0.1, 0.15) is 71.6 Å². The van der Waals surface area contributed by atoms with Gasteiger partial charge in [-0.3, -0.25) is 11.3 Å². The summed E-state index contributed by atoms with van der Waals surface area (Å²) >= 11 is 0. The lowest BCUT2D eigenvalue weighted by molar-refractivity contribution is -0.0651. The number of hydrazine groups is 1. The Kier molecular flexibility index (Phi) is 3.92. The zero-order chi connectivity index (χ0) is 13.5. The predicted octanol–water partition coefficient (Wildman–Crippen LogP) is 3.86. The summed E-state index contributed by atoms with van der Waals surface area (Å²) in [4.78, 5) is 0. The van der Waals surface area contributed by atoms with Gasteiger partial charge in [-0.05, 0) is 74.0 Å². The summed E-state index contributed by atoms with van der Waals surface area (Å²) in [6.45, 7) is 4.64. The monoisotopic (exact) mass is 264 g/mol. The van der Waals surface area contributed by atoms with E-state index in [0.29, 0.717) is 11.5 Å². The lowest BCUT2D eigenvalue weighted by atomic mass is 9.48. The van der Waals surface area contributed by atoms with Crippen LogP contribution in [0.2, 0.25) is 0 Å². The fourth-order valence-electron chi connectivity index (χ4n) is 6.23. The first-order chi connectivity index (χ1) is 9.18. The SMILES string of the molecule is CCC(CC)C(CC12CC3CC(CC(C3)C1)C2)NN. The van der Waals surface area contributed by atoms with Crippen LogP contribution in [0, 0.1) is 29.1 Å². The van der Waals surface area contributed by atoms with Crippen molar-refractivity contribution in [2.75, 3.05) is 0 Å². The first-order valence-electron chi connectivity index (χ1n) is 8.64. The number of rotatable bonds is 6. The van der Waals surface area contributed by atoms with Crippen molar-refractivity contribution in [2.45, 2.75) is 77.7 Å². The highest BCUT2D eigenvalue weighted by Gasteiger charge is 2.51. The molecule has 0 spiro atoms. The lowest BCUT2D eigenvalue weighted by Gasteiger charge is -2.58. The largest absolute Gasteiger partial charge is 0.271 e. The van der Waals surface area contributed by atoms with E-state index in [-0.39, 0.29) is 0 Å². The average molecular weight is 264 g/mol. The molecule has 0 radical (unpaired) electrons. The van der Waals surface area contributed by atoms with Gasteiger partial charge in [0.2, 0.25) is 0 Å². The number of hydrogen-bond donors (Lipinski definition) is 2. The molecule has 0 amide bonds. The fraction of sp³-hybridized carbons (Fsp3) is 1.00. The van der Waals surface area contributed by atoms with Crippen LogP contribution < -0.4 is 11.3 Å². The Hall–Kier alpha value is -0.0800. The van der Waals surface area contributed by atoms with Crippen molar-refractivity contribution >= 4 is 0 Å². The highest BCUT2D eigenvalue weighted by atomic mass is 15.2. The zero-order valence-corrected chi connectivity index (χ0v) is 12.8. The molecule has 110 valence electrons. The second-order valence-electron chi connectivity index (χ2n) is 7.97. The van der Waals surface area contributed by atoms with Crippen molar-refractivity contribution in [3.63, 3.8) is 0 Å². The van der Waals surface area contributed by atoms with Gasteiger partial charge in [-0.25, -0.2) is 0 Å². The van der Waals surface area contributed by atoms with Gasteiger partial charge in [0, 0.05) is 6.04 Å². The van der Waals surface area contributed by atoms with E-state index in [0.717, 1.165) is 23.7 Å². The molecule has 2 heteroatoms. The third-order valence-corrected chi connectivity index (χ3v) is 6.65. The average Bonchev–Trinajstić information content (AvgIpc) is 2.37. The third kappa shape index (κ3) is 2.58. The maximum absolute atomic E-state index is 5.90. The summed E-state index contributed by atoms with van der Waals surface area (Å²) in [6.07, 6.45) is 13.0. The summed E-state index contributed by atoms with van der Waals surface area (Å²) in [7, 11) is 0. The molecule has 0 heterocycles. The van der Waals surface area contributed by atoms with Crippen molar-refractivity contribution in [2.24, 2.45) is 34.9 Å². The number of nitrogens with one attached hydrogen (secondary N) is 1. The van der Waals surface area contributed by atoms with Crippen LogP contribution in [-0.4, -0.2) is 6.04 Å². The van der Waals surface area contributed by atoms with Crippen molar-refractivity contribution < 1.29 is 0 Å². The molecule has 0 aliphatic heterocycles. The summed E-state index contributed by atoms with van der Waals surface area (Å²) < 4.78 is 0. The molecule has 0 aromatic rings. The van der Waals surface area contributed by atoms with Gasteiger partial charge in [0.1, 0.15) is 0 Å². The van der Waals surface area contributed by atoms with Gasteiger partial charge < -0.3 is 0 Å². The van der Waals surface area contributed by atoms with E-state index in [1.54, 1.807) is 19.3 Å². The number of hydrogen-bond acceptors (Lipinski definition) is 2. The van der Waals surface area contributed by atoms with Crippen LogP contribution in [0.15, 0.2) is 0 Å². The van der Waals surface area contributed by atoms with Crippen molar-refractivity contribution in [1.29, 1.82) is 0 Å². The lowest BCUT2D eigenvalue weighted by Crippen LogP contribution is -2.51. The molecule has 4 bridgehead atoms. The summed E-state index contributed by atoms with van der Waals surface area (Å²) in [5.41, 5.74) is 3.84. The van der Waals surface area contributed by atoms with E-state index < -0.39 is 0 Å². The van der Waals surface area contributed by atoms with Crippen LogP contribution in [0.4, 0.5) is 0 Å². The van der Waals surface area contributed by atoms with Crippen LogP contribution >= 0.6 is 0 Å². The molecule has 0 aromatic heterocycles. The second kappa shape index (κ2) is 5.37. The van der Waals surface area contributed by atoms with Crippen LogP contribution in [-0.2, 0) is 0 Å². The third-order valence-electron chi connectivity index (χ3n) is 6.65. The van der Waals surface area contributed by atoms with E-state index >= 15 is 0 Å². The first-order valence-corrected chi connectivity index (χ1v) is 8.64. The maximum Gasteiger partial charge on any atom is 0.0243 e. The normalized spacial score (nSPS) is 42.0. The van der Waals surface area contributed by atoms with Gasteiger partial charge in [-0.2, -0.15) is 0 Å². The molecule has 19 heavy (non-hydrogen) atoms. The molecule has 4 rings (SSSR count). The van der Waals surface area contributed by atoms with E-state index in [9.17, 15) is 0 Å². The van der Waals surface area contributed by atoms with Gasteiger partial charge in [0.05, 0.1) is 0 Å². The van der Waals surface area contributed by atoms with Gasteiger partial charge >= 0.3 is 0 Å². The van der Waals surface area contributed by atoms with Gasteiger partial charge in [0.25, 0.3) is 0 Å². The minimum absolute atomic E-state index is 0.547. The molecule has 4 aliphatic rings. The Labute approximate surface area is 118 Å². The molecule has 0 aromatic carbocycles. The molecule has 1 atom stereocenters. The summed E-state index contributed by atoms with van der Waals surface area (Å²) in [5.74, 6) is 9.85. The number of nitrogens with two attached hydrogens (primary N) is 1. The Morgan fingerprint density at radius 2 is 1.47 bits per heavy atom. The quantitative estimate of drug-likeness (QED) is 0.565. The predicted molar refractivity (Wildman–Crippen MR) is 80.4 cm³/mol. The maximum atomic E-state index is 5.90. The van der Waals surface area contributed by atoms with E-state index in [1.807, 2.05) is 0 Å². The Morgan fingerprint density at radius 3 is 1.84 bits per heavy atom. The van der Waals surface area contributed by atoms with Crippen molar-refractivity contribution in [1.82, 2.24) is 5.43 Å². The second-order valence-corrected chi connectivity index (χ2v) is 7.97. The smallest absolute Gasteiger partial charge is 0.0243 e. The molecule has 2 nitrogen and oxygen atoms in total. The van der Waals surface area contributed by atoms with Crippen molar-refractivity contribution in [3.05, 3.63) is 0 Å². The van der Waals surface area contributed by atoms with Gasteiger partial charge in [-0.1, -0.05) is 26.7 Å². The molecular weight excluding hydrogens is 232 g/mol. The molecule has 3 N–H and O–H groups in total. The minimum Gasteiger partial charge on any atom is -0.271 e. The Morgan fingerprint density at radius 1 is 1.00 bits per heavy atom. The molecule has 4 aliphatic carbocycles. The van der Waals surface area contributed by atoms with E-state index in [2.05, 4.69) is 19.3 Å². The zero-order valence-electron chi connectivity index (χ0n) is 12.8. The first kappa shape index (κ1) is 13.9. The van der Waals surface area contributed by atoms with Crippen LogP contribution in [0.25, 0.3) is 0 Å². The van der Waals surface area contributed by atoms with Gasteiger partial charge in [0.15, 0.2) is 0 Å². The minimum atomic E-state index is 0.547. The standard InChI is InChI=1S/C17H32N2/c1-3-15(4-2)16(19-18)11-17-8-12-5-13(9-17)7-14(6-12)10-17/h12-16,19H,3-11,18H2,1-2H3. The van der Waals surface area contributed by atoms with Crippen LogP contribution in [0.5, 0.6) is 0 Å². The van der Waals surface area contributed by atoms with Gasteiger partial charge in [-0.15, -0.1) is 0 Å². The highest BCUT2D eigenvalue weighted by molar-refractivity contribution is 5.02. The molecule has 0 saturated heterocycles. The molecular formula is C17H32N2. The van der Waals surface area contributed by atoms with E-state index in [4.69, 9.17) is 5.84 Å². The molecule has 1 unspecified atom stereocenters. The van der Waals surface area contributed by atoms with Crippen molar-refractivity contribution in [3.8, 4) is 0 Å². The van der Waals surface area contributed by atoms with E-state index in [1.165, 1.54) is 38.5 Å². The Balaban J connectivity index is 1.71. The summed E-state index contributed by atoms with van der Waals surface area (Å²) in [6, 6.07) is 0.547. The topological polar surface area (TPSA) is 38.0 Å². The fourth-order valence-corrected chi connectivity index (χ4v) is 6.23. The molecule has 4 saturated carbocycles.